The molecule has 2 aromatic rings. The maximum atomic E-state index is 13.1. The molecule has 1 aliphatic heterocycles. The third kappa shape index (κ3) is 4.48. The molecule has 0 saturated carbocycles. The van der Waals surface area contributed by atoms with Crippen LogP contribution in [0.2, 0.25) is 5.02 Å². The van der Waals surface area contributed by atoms with E-state index in [9.17, 15) is 18.4 Å². The van der Waals surface area contributed by atoms with Crippen molar-refractivity contribution in [3.63, 3.8) is 0 Å². The fraction of sp³-hybridized carbons (Fsp3) is 0.474. The highest BCUT2D eigenvalue weighted by Gasteiger charge is 2.28. The molecular weight excluding hydrogens is 418 g/mol. The van der Waals surface area contributed by atoms with Crippen LogP contribution >= 0.6 is 11.6 Å². The van der Waals surface area contributed by atoms with Crippen molar-refractivity contribution in [1.82, 2.24) is 10.2 Å². The van der Waals surface area contributed by atoms with E-state index in [4.69, 9.17) is 16.3 Å². The first-order valence-electron chi connectivity index (χ1n) is 9.45. The first kappa shape index (κ1) is 21.8. The second-order valence-electron chi connectivity index (χ2n) is 6.85. The molecule has 0 amide bonds. The van der Waals surface area contributed by atoms with Gasteiger partial charge < -0.3 is 19.3 Å². The summed E-state index contributed by atoms with van der Waals surface area (Å²) >= 11 is 4.34. The predicted octanol–water partition coefficient (Wildman–Crippen LogP) is 2.14. The van der Waals surface area contributed by atoms with Crippen LogP contribution in [0, 0.1) is 0 Å². The molecule has 158 valence electrons. The lowest BCUT2D eigenvalue weighted by molar-refractivity contribution is 0.0384. The van der Waals surface area contributed by atoms with Crippen molar-refractivity contribution in [2.45, 2.75) is 38.5 Å². The summed E-state index contributed by atoms with van der Waals surface area (Å²) in [6.07, 6.45) is 1.26. The Hall–Kier alpha value is -1.94. The quantitative estimate of drug-likeness (QED) is 0.503. The van der Waals surface area contributed by atoms with Crippen LogP contribution in [0.3, 0.4) is 0 Å². The van der Waals surface area contributed by atoms with Gasteiger partial charge in [-0.05, 0) is 24.5 Å². The van der Waals surface area contributed by atoms with Gasteiger partial charge in [-0.2, -0.15) is 0 Å². The SMILES string of the molecule is CCc1[nH][nH]c(=O)c1C(=O)c1ccc(CS(=O)[O-])c(N2CCOC(CC)C2)c1Cl. The van der Waals surface area contributed by atoms with E-state index in [-0.39, 0.29) is 28.0 Å². The number of aromatic amines is 2. The number of ether oxygens (including phenoxy) is 1. The molecule has 1 fully saturated rings. The molecule has 0 bridgehead atoms. The average Bonchev–Trinajstić information content (AvgIpc) is 3.08. The monoisotopic (exact) mass is 440 g/mol. The standard InChI is InChI=1S/C19H24ClN3O5S/c1-3-12-9-23(7-8-28-12)17-11(10-29(26)27)5-6-13(16(17)20)18(24)15-14(4-2)21-22-19(15)25/h5-6,12H,3-4,7-10H2,1-2H3,(H,26,27)(H2,21,22,25)/p-1. The van der Waals surface area contributed by atoms with Gasteiger partial charge in [0.25, 0.3) is 5.56 Å². The Bertz CT molecular complexity index is 987. The van der Waals surface area contributed by atoms with Crippen molar-refractivity contribution in [2.75, 3.05) is 24.6 Å². The molecule has 1 aromatic heterocycles. The molecule has 29 heavy (non-hydrogen) atoms. The van der Waals surface area contributed by atoms with E-state index < -0.39 is 22.4 Å². The van der Waals surface area contributed by atoms with Crippen molar-refractivity contribution in [3.8, 4) is 0 Å². The fourth-order valence-electron chi connectivity index (χ4n) is 3.57. The Morgan fingerprint density at radius 1 is 1.38 bits per heavy atom. The van der Waals surface area contributed by atoms with Crippen molar-refractivity contribution >= 4 is 34.2 Å². The summed E-state index contributed by atoms with van der Waals surface area (Å²) in [5.41, 5.74) is 1.20. The molecule has 0 spiro atoms. The van der Waals surface area contributed by atoms with Gasteiger partial charge in [0.05, 0.1) is 23.4 Å². The lowest BCUT2D eigenvalue weighted by Gasteiger charge is -2.36. The predicted molar refractivity (Wildman–Crippen MR) is 111 cm³/mol. The van der Waals surface area contributed by atoms with Gasteiger partial charge in [-0.25, -0.2) is 0 Å². The molecule has 2 unspecified atom stereocenters. The zero-order chi connectivity index (χ0) is 21.1. The van der Waals surface area contributed by atoms with Crippen LogP contribution in [0.25, 0.3) is 0 Å². The number of aryl methyl sites for hydroxylation is 1. The zero-order valence-electron chi connectivity index (χ0n) is 16.2. The summed E-state index contributed by atoms with van der Waals surface area (Å²) in [7, 11) is 0. The number of nitrogens with zero attached hydrogens (tertiary/aromatic N) is 1. The summed E-state index contributed by atoms with van der Waals surface area (Å²) < 4.78 is 28.4. The molecule has 2 atom stereocenters. The van der Waals surface area contributed by atoms with Crippen LogP contribution in [0.5, 0.6) is 0 Å². The summed E-state index contributed by atoms with van der Waals surface area (Å²) in [6.45, 7) is 5.38. The Kier molecular flexibility index (Phi) is 6.94. The number of morpholine rings is 1. The number of carbonyl (C=O) groups is 1. The molecule has 10 heteroatoms. The Balaban J connectivity index is 2.10. The highest BCUT2D eigenvalue weighted by atomic mass is 35.5. The molecular formula is C19H23ClN3O5S-. The number of hydrogen-bond acceptors (Lipinski definition) is 6. The number of ketones is 1. The number of hydrogen-bond donors (Lipinski definition) is 2. The van der Waals surface area contributed by atoms with Gasteiger partial charge in [0, 0.05) is 30.1 Å². The first-order chi connectivity index (χ1) is 13.9. The molecule has 2 heterocycles. The van der Waals surface area contributed by atoms with Crippen LogP contribution in [0.4, 0.5) is 5.69 Å². The number of aromatic nitrogens is 2. The Labute approximate surface area is 175 Å². The highest BCUT2D eigenvalue weighted by molar-refractivity contribution is 7.78. The molecule has 1 aromatic carbocycles. The lowest BCUT2D eigenvalue weighted by atomic mass is 9.99. The maximum absolute atomic E-state index is 13.1. The minimum atomic E-state index is -2.32. The van der Waals surface area contributed by atoms with E-state index in [1.807, 2.05) is 18.7 Å². The minimum absolute atomic E-state index is 0.0102. The number of H-pyrrole nitrogens is 2. The molecule has 0 radical (unpaired) electrons. The van der Waals surface area contributed by atoms with E-state index in [1.54, 1.807) is 6.07 Å². The normalized spacial score (nSPS) is 18.1. The van der Waals surface area contributed by atoms with Crippen LogP contribution in [0.1, 0.15) is 47.4 Å². The number of nitrogens with one attached hydrogen (secondary N) is 2. The third-order valence-electron chi connectivity index (χ3n) is 5.06. The van der Waals surface area contributed by atoms with Gasteiger partial charge in [0.2, 0.25) is 5.78 Å². The van der Waals surface area contributed by atoms with Crippen molar-refractivity contribution < 1.29 is 18.3 Å². The first-order valence-corrected chi connectivity index (χ1v) is 11.1. The smallest absolute Gasteiger partial charge is 0.275 e. The van der Waals surface area contributed by atoms with Gasteiger partial charge in [-0.1, -0.05) is 42.6 Å². The molecule has 1 aliphatic rings. The minimum Gasteiger partial charge on any atom is -0.772 e. The van der Waals surface area contributed by atoms with Gasteiger partial charge in [0.15, 0.2) is 0 Å². The number of halogens is 1. The van der Waals surface area contributed by atoms with Crippen molar-refractivity contribution in [2.24, 2.45) is 0 Å². The van der Waals surface area contributed by atoms with Crippen LogP contribution in [0.15, 0.2) is 16.9 Å². The second-order valence-corrected chi connectivity index (χ2v) is 8.12. The summed E-state index contributed by atoms with van der Waals surface area (Å²) in [6, 6.07) is 3.08. The number of rotatable bonds is 7. The van der Waals surface area contributed by atoms with Gasteiger partial charge >= 0.3 is 0 Å². The van der Waals surface area contributed by atoms with Crippen molar-refractivity contribution in [1.29, 1.82) is 0 Å². The molecule has 1 saturated heterocycles. The highest BCUT2D eigenvalue weighted by Crippen LogP contribution is 2.36. The van der Waals surface area contributed by atoms with Crippen LogP contribution in [-0.2, 0) is 28.0 Å². The molecule has 3 rings (SSSR count). The molecule has 0 aliphatic carbocycles. The largest absolute Gasteiger partial charge is 0.772 e. The Morgan fingerprint density at radius 3 is 2.79 bits per heavy atom. The average molecular weight is 441 g/mol. The molecule has 2 N–H and O–H groups in total. The fourth-order valence-corrected chi connectivity index (χ4v) is 4.45. The lowest BCUT2D eigenvalue weighted by Crippen LogP contribution is -2.43. The van der Waals surface area contributed by atoms with E-state index >= 15 is 0 Å². The van der Waals surface area contributed by atoms with Gasteiger partial charge in [-0.15, -0.1) is 0 Å². The van der Waals surface area contributed by atoms with Gasteiger partial charge in [-0.3, -0.25) is 18.9 Å². The zero-order valence-corrected chi connectivity index (χ0v) is 17.8. The van der Waals surface area contributed by atoms with Crippen molar-refractivity contribution in [3.05, 3.63) is 49.9 Å². The maximum Gasteiger partial charge on any atom is 0.275 e. The van der Waals surface area contributed by atoms with Gasteiger partial charge in [0.1, 0.15) is 5.56 Å². The number of carbonyl (C=O) groups excluding carboxylic acids is 1. The number of anilines is 1. The topological polar surface area (TPSA) is 118 Å². The number of benzene rings is 1. The second kappa shape index (κ2) is 9.25. The molecule has 8 nitrogen and oxygen atoms in total. The van der Waals surface area contributed by atoms with E-state index in [1.165, 1.54) is 6.07 Å². The summed E-state index contributed by atoms with van der Waals surface area (Å²) in [5.74, 6) is -0.714. The third-order valence-corrected chi connectivity index (χ3v) is 5.99. The summed E-state index contributed by atoms with van der Waals surface area (Å²) in [5, 5.41) is 5.30. The summed E-state index contributed by atoms with van der Waals surface area (Å²) in [4.78, 5) is 27.2. The Morgan fingerprint density at radius 2 is 2.14 bits per heavy atom. The van der Waals surface area contributed by atoms with Crippen LogP contribution in [-0.4, -0.2) is 50.5 Å². The van der Waals surface area contributed by atoms with E-state index in [0.717, 1.165) is 6.42 Å². The van der Waals surface area contributed by atoms with Crippen LogP contribution < -0.4 is 10.5 Å². The van der Waals surface area contributed by atoms with E-state index in [0.29, 0.717) is 43.1 Å². The van der Waals surface area contributed by atoms with E-state index in [2.05, 4.69) is 10.2 Å².